The minimum atomic E-state index is 0.165. The van der Waals surface area contributed by atoms with Crippen LogP contribution in [-0.4, -0.2) is 11.9 Å². The summed E-state index contributed by atoms with van der Waals surface area (Å²) in [4.78, 5) is 0. The standard InChI is InChI=1S/C15H23BrO/c1-11(2)13-7-6-12(3)8-14(13)17-10-15(4,5)9-16/h6-8,11H,9-10H2,1-5H3. The van der Waals surface area contributed by atoms with E-state index in [1.807, 2.05) is 0 Å². The average molecular weight is 299 g/mol. The minimum absolute atomic E-state index is 0.165. The zero-order valence-corrected chi connectivity index (χ0v) is 13.1. The molecule has 17 heavy (non-hydrogen) atoms. The van der Waals surface area contributed by atoms with E-state index in [-0.39, 0.29) is 5.41 Å². The Bertz CT molecular complexity index is 369. The van der Waals surface area contributed by atoms with Crippen LogP contribution in [0.4, 0.5) is 0 Å². The number of hydrogen-bond acceptors (Lipinski definition) is 1. The van der Waals surface area contributed by atoms with Crippen LogP contribution in [0.1, 0.15) is 44.7 Å². The zero-order chi connectivity index (χ0) is 13.1. The third-order valence-electron chi connectivity index (χ3n) is 2.77. The van der Waals surface area contributed by atoms with Gasteiger partial charge in [0.2, 0.25) is 0 Å². The molecule has 0 amide bonds. The normalized spacial score (nSPS) is 11.9. The van der Waals surface area contributed by atoms with Crippen LogP contribution in [0.5, 0.6) is 5.75 Å². The van der Waals surface area contributed by atoms with Gasteiger partial charge in [0.15, 0.2) is 0 Å². The average Bonchev–Trinajstić information content (AvgIpc) is 2.26. The van der Waals surface area contributed by atoms with E-state index in [1.165, 1.54) is 11.1 Å². The number of rotatable bonds is 5. The Hall–Kier alpha value is -0.500. The largest absolute Gasteiger partial charge is 0.493 e. The summed E-state index contributed by atoms with van der Waals surface area (Å²) >= 11 is 3.53. The minimum Gasteiger partial charge on any atom is -0.493 e. The number of ether oxygens (including phenoxy) is 1. The van der Waals surface area contributed by atoms with Gasteiger partial charge in [0.05, 0.1) is 6.61 Å². The fourth-order valence-corrected chi connectivity index (χ4v) is 1.72. The highest BCUT2D eigenvalue weighted by molar-refractivity contribution is 9.09. The molecule has 0 N–H and O–H groups in total. The Morgan fingerprint density at radius 3 is 2.47 bits per heavy atom. The van der Waals surface area contributed by atoms with E-state index < -0.39 is 0 Å². The van der Waals surface area contributed by atoms with Gasteiger partial charge in [-0.3, -0.25) is 0 Å². The van der Waals surface area contributed by atoms with Crippen molar-refractivity contribution in [2.75, 3.05) is 11.9 Å². The number of benzene rings is 1. The van der Waals surface area contributed by atoms with Crippen molar-refractivity contribution in [3.63, 3.8) is 0 Å². The second-order valence-corrected chi connectivity index (χ2v) is 6.34. The Balaban J connectivity index is 2.85. The predicted octanol–water partition coefficient (Wildman–Crippen LogP) is 4.92. The first-order valence-electron chi connectivity index (χ1n) is 6.15. The first-order valence-corrected chi connectivity index (χ1v) is 7.27. The van der Waals surface area contributed by atoms with Gasteiger partial charge in [0.25, 0.3) is 0 Å². The maximum Gasteiger partial charge on any atom is 0.123 e. The van der Waals surface area contributed by atoms with E-state index in [1.54, 1.807) is 0 Å². The summed E-state index contributed by atoms with van der Waals surface area (Å²) in [6.45, 7) is 11.6. The van der Waals surface area contributed by atoms with Crippen molar-refractivity contribution in [3.05, 3.63) is 29.3 Å². The molecular formula is C15H23BrO. The molecule has 0 saturated heterocycles. The van der Waals surface area contributed by atoms with Gasteiger partial charge in [-0.05, 0) is 30.0 Å². The van der Waals surface area contributed by atoms with Crippen molar-refractivity contribution in [2.24, 2.45) is 5.41 Å². The second-order valence-electron chi connectivity index (χ2n) is 5.78. The van der Waals surface area contributed by atoms with E-state index in [9.17, 15) is 0 Å². The van der Waals surface area contributed by atoms with E-state index in [0.717, 1.165) is 17.7 Å². The zero-order valence-electron chi connectivity index (χ0n) is 11.5. The molecule has 1 aromatic rings. The van der Waals surface area contributed by atoms with Gasteiger partial charge >= 0.3 is 0 Å². The highest BCUT2D eigenvalue weighted by atomic mass is 79.9. The monoisotopic (exact) mass is 298 g/mol. The first kappa shape index (κ1) is 14.6. The van der Waals surface area contributed by atoms with Crippen LogP contribution < -0.4 is 4.74 Å². The molecule has 0 unspecified atom stereocenters. The number of hydrogen-bond donors (Lipinski definition) is 0. The maximum absolute atomic E-state index is 6.00. The molecule has 0 bridgehead atoms. The molecule has 0 aliphatic heterocycles. The summed E-state index contributed by atoms with van der Waals surface area (Å²) in [6.07, 6.45) is 0. The molecule has 0 aliphatic carbocycles. The topological polar surface area (TPSA) is 9.23 Å². The molecular weight excluding hydrogens is 276 g/mol. The second kappa shape index (κ2) is 5.90. The van der Waals surface area contributed by atoms with Gasteiger partial charge in [-0.15, -0.1) is 0 Å². The van der Waals surface area contributed by atoms with Gasteiger partial charge in [0.1, 0.15) is 5.75 Å². The highest BCUT2D eigenvalue weighted by Crippen LogP contribution is 2.29. The van der Waals surface area contributed by atoms with Crippen LogP contribution >= 0.6 is 15.9 Å². The summed E-state index contributed by atoms with van der Waals surface area (Å²) in [7, 11) is 0. The third-order valence-corrected chi connectivity index (χ3v) is 4.29. The molecule has 1 nitrogen and oxygen atoms in total. The van der Waals surface area contributed by atoms with Crippen molar-refractivity contribution < 1.29 is 4.74 Å². The number of alkyl halides is 1. The smallest absolute Gasteiger partial charge is 0.123 e. The van der Waals surface area contributed by atoms with E-state index in [2.05, 4.69) is 68.7 Å². The van der Waals surface area contributed by atoms with Crippen LogP contribution in [0, 0.1) is 12.3 Å². The van der Waals surface area contributed by atoms with Gasteiger partial charge < -0.3 is 4.74 Å². The van der Waals surface area contributed by atoms with Crippen LogP contribution in [0.2, 0.25) is 0 Å². The summed E-state index contributed by atoms with van der Waals surface area (Å²) in [6, 6.07) is 6.47. The van der Waals surface area contributed by atoms with Crippen molar-refractivity contribution in [3.8, 4) is 5.75 Å². The molecule has 96 valence electrons. The van der Waals surface area contributed by atoms with Crippen molar-refractivity contribution in [2.45, 2.75) is 40.5 Å². The molecule has 0 fully saturated rings. The number of halogens is 1. The summed E-state index contributed by atoms with van der Waals surface area (Å²) in [5.74, 6) is 1.53. The molecule has 0 radical (unpaired) electrons. The lowest BCUT2D eigenvalue weighted by Gasteiger charge is -2.23. The Kier molecular flexibility index (Phi) is 5.05. The molecule has 0 saturated carbocycles. The van der Waals surface area contributed by atoms with Gasteiger partial charge in [-0.2, -0.15) is 0 Å². The van der Waals surface area contributed by atoms with Crippen LogP contribution in [0.25, 0.3) is 0 Å². The van der Waals surface area contributed by atoms with E-state index in [0.29, 0.717) is 5.92 Å². The van der Waals surface area contributed by atoms with Gasteiger partial charge in [-0.1, -0.05) is 55.8 Å². The van der Waals surface area contributed by atoms with Gasteiger partial charge in [0, 0.05) is 10.7 Å². The van der Waals surface area contributed by atoms with Crippen LogP contribution in [-0.2, 0) is 0 Å². The number of aryl methyl sites for hydroxylation is 1. The summed E-state index contributed by atoms with van der Waals surface area (Å²) < 4.78 is 6.00. The molecule has 0 aliphatic rings. The molecule has 0 aromatic heterocycles. The lowest BCUT2D eigenvalue weighted by Crippen LogP contribution is -2.23. The lowest BCUT2D eigenvalue weighted by molar-refractivity contribution is 0.201. The quantitative estimate of drug-likeness (QED) is 0.701. The van der Waals surface area contributed by atoms with Crippen LogP contribution in [0.3, 0.4) is 0 Å². The molecule has 2 heteroatoms. The van der Waals surface area contributed by atoms with Crippen molar-refractivity contribution in [1.82, 2.24) is 0 Å². The van der Waals surface area contributed by atoms with Gasteiger partial charge in [-0.25, -0.2) is 0 Å². The summed E-state index contributed by atoms with van der Waals surface area (Å²) in [5, 5.41) is 0.947. The molecule has 1 rings (SSSR count). The predicted molar refractivity (Wildman–Crippen MR) is 78.3 cm³/mol. The molecule has 0 spiro atoms. The molecule has 0 heterocycles. The fraction of sp³-hybridized carbons (Fsp3) is 0.600. The van der Waals surface area contributed by atoms with Crippen molar-refractivity contribution in [1.29, 1.82) is 0 Å². The Morgan fingerprint density at radius 2 is 1.94 bits per heavy atom. The fourth-order valence-electron chi connectivity index (χ4n) is 1.56. The SMILES string of the molecule is Cc1ccc(C(C)C)c(OCC(C)(C)CBr)c1. The van der Waals surface area contributed by atoms with E-state index in [4.69, 9.17) is 4.74 Å². The van der Waals surface area contributed by atoms with Crippen LogP contribution in [0.15, 0.2) is 18.2 Å². The third kappa shape index (κ3) is 4.34. The summed E-state index contributed by atoms with van der Waals surface area (Å²) in [5.41, 5.74) is 2.71. The first-order chi connectivity index (χ1) is 7.85. The Labute approximate surface area is 114 Å². The molecule has 0 atom stereocenters. The maximum atomic E-state index is 6.00. The van der Waals surface area contributed by atoms with E-state index >= 15 is 0 Å². The highest BCUT2D eigenvalue weighted by Gasteiger charge is 2.18. The van der Waals surface area contributed by atoms with Crippen molar-refractivity contribution >= 4 is 15.9 Å². The molecule has 1 aromatic carbocycles. The lowest BCUT2D eigenvalue weighted by atomic mass is 9.97. The Morgan fingerprint density at radius 1 is 1.29 bits per heavy atom.